The molecule has 1 aromatic carbocycles. The highest BCUT2D eigenvalue weighted by atomic mass is 32.1. The van der Waals surface area contributed by atoms with Crippen molar-refractivity contribution in [3.63, 3.8) is 0 Å². The number of carbonyl (C=O) groups excluding carboxylic acids is 1. The summed E-state index contributed by atoms with van der Waals surface area (Å²) in [5, 5.41) is 8.04. The van der Waals surface area contributed by atoms with Crippen LogP contribution >= 0.6 is 22.7 Å². The first kappa shape index (κ1) is 20.5. The summed E-state index contributed by atoms with van der Waals surface area (Å²) in [6.07, 6.45) is 0. The maximum atomic E-state index is 12.8. The third kappa shape index (κ3) is 4.38. The van der Waals surface area contributed by atoms with E-state index in [1.807, 2.05) is 37.3 Å². The Bertz CT molecular complexity index is 1120. The highest BCUT2D eigenvalue weighted by molar-refractivity contribution is 7.13. The van der Waals surface area contributed by atoms with Crippen LogP contribution in [-0.4, -0.2) is 35.7 Å². The molecule has 0 aliphatic heterocycles. The molecule has 0 spiro atoms. The van der Waals surface area contributed by atoms with E-state index < -0.39 is 0 Å². The van der Waals surface area contributed by atoms with Gasteiger partial charge in [-0.2, -0.15) is 0 Å². The number of nitrogens with zero attached hydrogens (tertiary/aromatic N) is 2. The number of carbonyl (C=O) groups is 1. The van der Waals surface area contributed by atoms with Gasteiger partial charge in [0.1, 0.15) is 5.01 Å². The van der Waals surface area contributed by atoms with Crippen LogP contribution in [0.3, 0.4) is 0 Å². The van der Waals surface area contributed by atoms with Crippen molar-refractivity contribution < 1.29 is 9.53 Å². The average Bonchev–Trinajstić information content (AvgIpc) is 3.51. The van der Waals surface area contributed by atoms with E-state index in [4.69, 9.17) is 9.72 Å². The van der Waals surface area contributed by atoms with Gasteiger partial charge in [0.05, 0.1) is 30.1 Å². The van der Waals surface area contributed by atoms with E-state index in [-0.39, 0.29) is 5.91 Å². The van der Waals surface area contributed by atoms with Crippen molar-refractivity contribution in [3.8, 4) is 22.0 Å². The minimum atomic E-state index is -0.0887. The molecule has 3 aromatic heterocycles. The molecule has 30 heavy (non-hydrogen) atoms. The number of hydrogen-bond acceptors (Lipinski definition) is 5. The summed E-state index contributed by atoms with van der Waals surface area (Å²) < 4.78 is 7.23. The van der Waals surface area contributed by atoms with E-state index in [1.54, 1.807) is 29.8 Å². The van der Waals surface area contributed by atoms with Crippen molar-refractivity contribution in [2.24, 2.45) is 0 Å². The van der Waals surface area contributed by atoms with E-state index in [9.17, 15) is 4.79 Å². The summed E-state index contributed by atoms with van der Waals surface area (Å²) >= 11 is 3.33. The smallest absolute Gasteiger partial charge is 0.253 e. The summed E-state index contributed by atoms with van der Waals surface area (Å²) in [5.41, 5.74) is 4.54. The van der Waals surface area contributed by atoms with Gasteiger partial charge < -0.3 is 14.6 Å². The Labute approximate surface area is 184 Å². The van der Waals surface area contributed by atoms with Crippen LogP contribution in [-0.2, 0) is 11.3 Å². The van der Waals surface area contributed by atoms with Gasteiger partial charge in [-0.05, 0) is 24.4 Å². The second-order valence-corrected chi connectivity index (χ2v) is 8.74. The zero-order valence-electron chi connectivity index (χ0n) is 16.9. The quantitative estimate of drug-likeness (QED) is 0.392. The first-order valence-electron chi connectivity index (χ1n) is 9.68. The molecule has 0 atom stereocenters. The van der Waals surface area contributed by atoms with Gasteiger partial charge in [-0.15, -0.1) is 22.7 Å². The lowest BCUT2D eigenvalue weighted by atomic mass is 10.2. The summed E-state index contributed by atoms with van der Waals surface area (Å²) in [7, 11) is 1.62. The number of benzene rings is 1. The zero-order valence-corrected chi connectivity index (χ0v) is 18.6. The topological polar surface area (TPSA) is 56.1 Å². The van der Waals surface area contributed by atoms with Gasteiger partial charge in [0.2, 0.25) is 0 Å². The van der Waals surface area contributed by atoms with Crippen LogP contribution in [0.25, 0.3) is 22.0 Å². The predicted molar refractivity (Wildman–Crippen MR) is 123 cm³/mol. The maximum Gasteiger partial charge on any atom is 0.253 e. The van der Waals surface area contributed by atoms with E-state index in [0.29, 0.717) is 25.3 Å². The summed E-state index contributed by atoms with van der Waals surface area (Å²) in [6.45, 7) is 3.67. The third-order valence-corrected chi connectivity index (χ3v) is 6.64. The Kier molecular flexibility index (Phi) is 6.42. The Morgan fingerprint density at radius 1 is 1.17 bits per heavy atom. The largest absolute Gasteiger partial charge is 0.383 e. The Morgan fingerprint density at radius 2 is 2.00 bits per heavy atom. The Morgan fingerprint density at radius 3 is 2.73 bits per heavy atom. The van der Waals surface area contributed by atoms with Gasteiger partial charge >= 0.3 is 0 Å². The van der Waals surface area contributed by atoms with Crippen LogP contribution < -0.4 is 5.32 Å². The molecule has 3 heterocycles. The van der Waals surface area contributed by atoms with Gasteiger partial charge in [-0.25, -0.2) is 4.98 Å². The van der Waals surface area contributed by atoms with Crippen molar-refractivity contribution in [1.82, 2.24) is 14.9 Å². The van der Waals surface area contributed by atoms with Crippen LogP contribution in [0.5, 0.6) is 0 Å². The molecule has 4 rings (SSSR count). The molecule has 0 fully saturated rings. The number of methoxy groups -OCH3 is 1. The van der Waals surface area contributed by atoms with Crippen LogP contribution in [0.1, 0.15) is 20.9 Å². The molecule has 0 saturated heterocycles. The lowest BCUT2D eigenvalue weighted by Crippen LogP contribution is -2.27. The highest BCUT2D eigenvalue weighted by Gasteiger charge is 2.20. The number of amides is 1. The highest BCUT2D eigenvalue weighted by Crippen LogP contribution is 2.32. The Balaban J connectivity index is 1.71. The number of thiophene rings is 1. The van der Waals surface area contributed by atoms with Gasteiger partial charge in [-0.3, -0.25) is 4.79 Å². The number of nitrogens with one attached hydrogen (secondary N) is 1. The number of rotatable bonds is 8. The lowest BCUT2D eigenvalue weighted by Gasteiger charge is -2.10. The summed E-state index contributed by atoms with van der Waals surface area (Å²) in [5.74, 6) is -0.0887. The van der Waals surface area contributed by atoms with Gasteiger partial charge in [-0.1, -0.05) is 36.4 Å². The van der Waals surface area contributed by atoms with Gasteiger partial charge in [0.15, 0.2) is 0 Å². The fourth-order valence-electron chi connectivity index (χ4n) is 3.32. The van der Waals surface area contributed by atoms with E-state index in [2.05, 4.69) is 38.8 Å². The Hall–Kier alpha value is -2.74. The van der Waals surface area contributed by atoms with Crippen molar-refractivity contribution in [3.05, 3.63) is 75.4 Å². The van der Waals surface area contributed by atoms with E-state index >= 15 is 0 Å². The molecule has 4 aromatic rings. The molecule has 0 saturated carbocycles. The van der Waals surface area contributed by atoms with Crippen molar-refractivity contribution in [2.75, 3.05) is 20.3 Å². The normalized spacial score (nSPS) is 11.0. The SMILES string of the molecule is COCCNC(=O)c1cc(-c2csc(-c3ccccc3)n2)n(Cc2cccs2)c1C. The minimum absolute atomic E-state index is 0.0887. The molecular weight excluding hydrogens is 414 g/mol. The molecule has 1 amide bonds. The van der Waals surface area contributed by atoms with Gasteiger partial charge in [0, 0.05) is 35.2 Å². The van der Waals surface area contributed by atoms with E-state index in [1.165, 1.54) is 4.88 Å². The summed E-state index contributed by atoms with van der Waals surface area (Å²) in [4.78, 5) is 18.9. The van der Waals surface area contributed by atoms with Crippen molar-refractivity contribution in [2.45, 2.75) is 13.5 Å². The minimum Gasteiger partial charge on any atom is -0.383 e. The third-order valence-electron chi connectivity index (χ3n) is 4.88. The molecule has 0 unspecified atom stereocenters. The number of aromatic nitrogens is 2. The number of ether oxygens (including phenoxy) is 1. The monoisotopic (exact) mass is 437 g/mol. The maximum absolute atomic E-state index is 12.8. The number of thiazole rings is 1. The number of hydrogen-bond donors (Lipinski definition) is 1. The second-order valence-electron chi connectivity index (χ2n) is 6.85. The molecule has 7 heteroatoms. The molecule has 0 bridgehead atoms. The van der Waals surface area contributed by atoms with Crippen LogP contribution in [0.4, 0.5) is 0 Å². The van der Waals surface area contributed by atoms with Crippen LogP contribution in [0, 0.1) is 6.92 Å². The fraction of sp³-hybridized carbons (Fsp3) is 0.217. The zero-order chi connectivity index (χ0) is 20.9. The molecule has 0 aliphatic rings. The van der Waals surface area contributed by atoms with Crippen molar-refractivity contribution in [1.29, 1.82) is 0 Å². The molecule has 1 N–H and O–H groups in total. The lowest BCUT2D eigenvalue weighted by molar-refractivity contribution is 0.0936. The molecule has 154 valence electrons. The van der Waals surface area contributed by atoms with Crippen LogP contribution in [0.15, 0.2) is 59.3 Å². The molecule has 0 aliphatic carbocycles. The fourth-order valence-corrected chi connectivity index (χ4v) is 4.83. The first-order valence-corrected chi connectivity index (χ1v) is 11.4. The van der Waals surface area contributed by atoms with Crippen molar-refractivity contribution >= 4 is 28.6 Å². The standard InChI is InChI=1S/C23H23N3O2S2/c1-16-19(22(27)24-10-11-28-2)13-21(26(16)14-18-9-6-12-29-18)20-15-30-23(25-20)17-7-4-3-5-8-17/h3-9,12-13,15H,10-11,14H2,1-2H3,(H,24,27). The first-order chi connectivity index (χ1) is 14.7. The predicted octanol–water partition coefficient (Wildman–Crippen LogP) is 5.07. The van der Waals surface area contributed by atoms with E-state index in [0.717, 1.165) is 27.7 Å². The van der Waals surface area contributed by atoms with Crippen LogP contribution in [0.2, 0.25) is 0 Å². The average molecular weight is 438 g/mol. The summed E-state index contributed by atoms with van der Waals surface area (Å²) in [6, 6.07) is 16.3. The molecular formula is C23H23N3O2S2. The molecule has 0 radical (unpaired) electrons. The second kappa shape index (κ2) is 9.38. The van der Waals surface area contributed by atoms with Gasteiger partial charge in [0.25, 0.3) is 5.91 Å². The molecule has 5 nitrogen and oxygen atoms in total.